The Morgan fingerprint density at radius 2 is 2.23 bits per heavy atom. The van der Waals surface area contributed by atoms with Crippen LogP contribution >= 0.6 is 0 Å². The Labute approximate surface area is 77.8 Å². The number of aromatic nitrogens is 1. The Hall–Kier alpha value is -1.29. The van der Waals surface area contributed by atoms with Crippen LogP contribution in [0.25, 0.3) is 0 Å². The molecular weight excluding hydrogens is 166 g/mol. The van der Waals surface area contributed by atoms with Gasteiger partial charge in [0.15, 0.2) is 0 Å². The molecule has 4 N–H and O–H groups in total. The van der Waals surface area contributed by atoms with Gasteiger partial charge in [0.25, 0.3) is 0 Å². The van der Waals surface area contributed by atoms with Crippen molar-refractivity contribution in [2.75, 3.05) is 17.7 Å². The Morgan fingerprint density at radius 3 is 2.69 bits per heavy atom. The first-order valence-electron chi connectivity index (χ1n) is 4.14. The molecule has 0 aliphatic carbocycles. The SMILES string of the molecule is CC(C)(CO)Nc1ccc(N)cn1. The largest absolute Gasteiger partial charge is 0.397 e. The van der Waals surface area contributed by atoms with Gasteiger partial charge in [-0.3, -0.25) is 0 Å². The van der Waals surface area contributed by atoms with Crippen LogP contribution in [-0.4, -0.2) is 22.2 Å². The first-order chi connectivity index (χ1) is 6.03. The molecule has 0 unspecified atom stereocenters. The standard InChI is InChI=1S/C9H15N3O/c1-9(2,6-13)12-8-4-3-7(10)5-11-8/h3-5,13H,6,10H2,1-2H3,(H,11,12). The highest BCUT2D eigenvalue weighted by molar-refractivity contribution is 5.44. The first-order valence-corrected chi connectivity index (χ1v) is 4.14. The van der Waals surface area contributed by atoms with E-state index in [1.54, 1.807) is 18.3 Å². The molecule has 0 saturated heterocycles. The molecule has 0 aromatic carbocycles. The predicted molar refractivity (Wildman–Crippen MR) is 53.4 cm³/mol. The summed E-state index contributed by atoms with van der Waals surface area (Å²) in [5.41, 5.74) is 5.76. The van der Waals surface area contributed by atoms with Gasteiger partial charge in [0.05, 0.1) is 24.0 Å². The Balaban J connectivity index is 2.69. The van der Waals surface area contributed by atoms with Crippen molar-refractivity contribution >= 4 is 11.5 Å². The normalized spacial score (nSPS) is 11.3. The summed E-state index contributed by atoms with van der Waals surface area (Å²) in [6.45, 7) is 3.84. The smallest absolute Gasteiger partial charge is 0.126 e. The van der Waals surface area contributed by atoms with Gasteiger partial charge in [0.2, 0.25) is 0 Å². The molecule has 0 spiro atoms. The molecule has 0 radical (unpaired) electrons. The van der Waals surface area contributed by atoms with Gasteiger partial charge in [-0.2, -0.15) is 0 Å². The third-order valence-corrected chi connectivity index (χ3v) is 1.65. The highest BCUT2D eigenvalue weighted by Crippen LogP contribution is 2.12. The number of hydrogen-bond donors (Lipinski definition) is 3. The van der Waals surface area contributed by atoms with E-state index in [4.69, 9.17) is 10.8 Å². The highest BCUT2D eigenvalue weighted by Gasteiger charge is 2.15. The van der Waals surface area contributed by atoms with Gasteiger partial charge in [-0.1, -0.05) is 0 Å². The third-order valence-electron chi connectivity index (χ3n) is 1.65. The minimum absolute atomic E-state index is 0.0546. The molecule has 0 bridgehead atoms. The van der Waals surface area contributed by atoms with Gasteiger partial charge in [0.1, 0.15) is 5.82 Å². The first kappa shape index (κ1) is 9.80. The molecule has 0 saturated carbocycles. The number of nitrogens with one attached hydrogen (secondary N) is 1. The van der Waals surface area contributed by atoms with Gasteiger partial charge >= 0.3 is 0 Å². The summed E-state index contributed by atoms with van der Waals surface area (Å²) < 4.78 is 0. The van der Waals surface area contributed by atoms with Crippen LogP contribution in [0.4, 0.5) is 11.5 Å². The summed E-state index contributed by atoms with van der Waals surface area (Å²) in [4.78, 5) is 4.06. The molecule has 0 fully saturated rings. The van der Waals surface area contributed by atoms with E-state index in [0.29, 0.717) is 11.5 Å². The van der Waals surface area contributed by atoms with Crippen molar-refractivity contribution in [3.8, 4) is 0 Å². The zero-order chi connectivity index (χ0) is 9.90. The Bertz CT molecular complexity index is 269. The molecule has 4 heteroatoms. The molecule has 0 amide bonds. The number of pyridine rings is 1. The summed E-state index contributed by atoms with van der Waals surface area (Å²) in [5, 5.41) is 12.1. The molecule has 0 atom stereocenters. The Kier molecular flexibility index (Phi) is 2.72. The number of nitrogen functional groups attached to an aromatic ring is 1. The number of anilines is 2. The molecule has 1 heterocycles. The number of aliphatic hydroxyl groups is 1. The van der Waals surface area contributed by atoms with E-state index in [2.05, 4.69) is 10.3 Å². The molecule has 13 heavy (non-hydrogen) atoms. The minimum Gasteiger partial charge on any atom is -0.397 e. The fraction of sp³-hybridized carbons (Fsp3) is 0.444. The van der Waals surface area contributed by atoms with E-state index in [0.717, 1.165) is 0 Å². The number of nitrogens with two attached hydrogens (primary N) is 1. The van der Waals surface area contributed by atoms with Crippen LogP contribution in [0.3, 0.4) is 0 Å². The van der Waals surface area contributed by atoms with E-state index in [-0.39, 0.29) is 12.1 Å². The molecule has 1 aromatic rings. The van der Waals surface area contributed by atoms with Crippen LogP contribution in [0, 0.1) is 0 Å². The molecule has 4 nitrogen and oxygen atoms in total. The molecular formula is C9H15N3O. The van der Waals surface area contributed by atoms with E-state index in [9.17, 15) is 0 Å². The van der Waals surface area contributed by atoms with Crippen molar-refractivity contribution in [1.29, 1.82) is 0 Å². The Morgan fingerprint density at radius 1 is 1.54 bits per heavy atom. The van der Waals surface area contributed by atoms with E-state index < -0.39 is 0 Å². The second-order valence-electron chi connectivity index (χ2n) is 3.64. The molecule has 0 aliphatic heterocycles. The van der Waals surface area contributed by atoms with Crippen LogP contribution in [0.5, 0.6) is 0 Å². The van der Waals surface area contributed by atoms with E-state index >= 15 is 0 Å². The second-order valence-corrected chi connectivity index (χ2v) is 3.64. The van der Waals surface area contributed by atoms with Crippen molar-refractivity contribution in [2.24, 2.45) is 0 Å². The molecule has 1 rings (SSSR count). The quantitative estimate of drug-likeness (QED) is 0.646. The van der Waals surface area contributed by atoms with Gasteiger partial charge < -0.3 is 16.2 Å². The monoisotopic (exact) mass is 181 g/mol. The van der Waals surface area contributed by atoms with Crippen LogP contribution in [0.15, 0.2) is 18.3 Å². The summed E-state index contributed by atoms with van der Waals surface area (Å²) in [6, 6.07) is 3.55. The highest BCUT2D eigenvalue weighted by atomic mass is 16.3. The van der Waals surface area contributed by atoms with Crippen LogP contribution < -0.4 is 11.1 Å². The van der Waals surface area contributed by atoms with Gasteiger partial charge in [0, 0.05) is 0 Å². The van der Waals surface area contributed by atoms with Crippen molar-refractivity contribution in [2.45, 2.75) is 19.4 Å². The summed E-state index contributed by atoms with van der Waals surface area (Å²) >= 11 is 0. The third kappa shape index (κ3) is 2.91. The molecule has 1 aromatic heterocycles. The van der Waals surface area contributed by atoms with Crippen LogP contribution in [0.2, 0.25) is 0 Å². The molecule has 0 aliphatic rings. The summed E-state index contributed by atoms with van der Waals surface area (Å²) in [5.74, 6) is 0.716. The lowest BCUT2D eigenvalue weighted by Gasteiger charge is -2.23. The van der Waals surface area contributed by atoms with E-state index in [1.165, 1.54) is 0 Å². The number of aliphatic hydroxyl groups excluding tert-OH is 1. The lowest BCUT2D eigenvalue weighted by molar-refractivity contribution is 0.234. The predicted octanol–water partition coefficient (Wildman–Crippen LogP) is 0.847. The van der Waals surface area contributed by atoms with Crippen molar-refractivity contribution in [1.82, 2.24) is 4.98 Å². The summed E-state index contributed by atoms with van der Waals surface area (Å²) in [6.07, 6.45) is 1.58. The molecule has 72 valence electrons. The number of hydrogen-bond acceptors (Lipinski definition) is 4. The van der Waals surface area contributed by atoms with Gasteiger partial charge in [-0.05, 0) is 26.0 Å². The maximum Gasteiger partial charge on any atom is 0.126 e. The van der Waals surface area contributed by atoms with Crippen molar-refractivity contribution in [3.05, 3.63) is 18.3 Å². The lowest BCUT2D eigenvalue weighted by atomic mass is 10.1. The van der Waals surface area contributed by atoms with Crippen LogP contribution in [-0.2, 0) is 0 Å². The summed E-state index contributed by atoms with van der Waals surface area (Å²) in [7, 11) is 0. The maximum absolute atomic E-state index is 8.99. The second kappa shape index (κ2) is 3.62. The van der Waals surface area contributed by atoms with Crippen molar-refractivity contribution < 1.29 is 5.11 Å². The maximum atomic E-state index is 8.99. The number of nitrogens with zero attached hydrogens (tertiary/aromatic N) is 1. The van der Waals surface area contributed by atoms with Crippen molar-refractivity contribution in [3.63, 3.8) is 0 Å². The zero-order valence-corrected chi connectivity index (χ0v) is 7.91. The lowest BCUT2D eigenvalue weighted by Crippen LogP contribution is -2.35. The number of rotatable bonds is 3. The zero-order valence-electron chi connectivity index (χ0n) is 7.91. The topological polar surface area (TPSA) is 71.2 Å². The van der Waals surface area contributed by atoms with Gasteiger partial charge in [-0.15, -0.1) is 0 Å². The average molecular weight is 181 g/mol. The van der Waals surface area contributed by atoms with Gasteiger partial charge in [-0.25, -0.2) is 4.98 Å². The fourth-order valence-corrected chi connectivity index (χ4v) is 0.865. The average Bonchev–Trinajstić information content (AvgIpc) is 2.09. The van der Waals surface area contributed by atoms with E-state index in [1.807, 2.05) is 13.8 Å². The fourth-order valence-electron chi connectivity index (χ4n) is 0.865. The van der Waals surface area contributed by atoms with Crippen LogP contribution in [0.1, 0.15) is 13.8 Å². The minimum atomic E-state index is -0.358.